The van der Waals surface area contributed by atoms with Crippen molar-refractivity contribution in [3.05, 3.63) is 59.1 Å². The molecule has 1 fully saturated rings. The first-order valence-electron chi connectivity index (χ1n) is 10.3. The Balaban J connectivity index is 1.37. The van der Waals surface area contributed by atoms with Crippen LogP contribution in [-0.4, -0.2) is 36.4 Å². The summed E-state index contributed by atoms with van der Waals surface area (Å²) < 4.78 is 5.60. The van der Waals surface area contributed by atoms with E-state index in [-0.39, 0.29) is 17.7 Å². The number of carbonyl (C=O) groups is 2. The van der Waals surface area contributed by atoms with Crippen molar-refractivity contribution < 1.29 is 14.3 Å². The average Bonchev–Trinajstić information content (AvgIpc) is 2.74. The number of primary amides is 1. The van der Waals surface area contributed by atoms with Crippen LogP contribution >= 0.6 is 11.6 Å². The monoisotopic (exact) mass is 429 g/mol. The number of anilines is 1. The second-order valence-corrected chi connectivity index (χ2v) is 8.06. The number of likely N-dealkylation sites (tertiary alicyclic amines) is 1. The first-order valence-corrected chi connectivity index (χ1v) is 10.7. The van der Waals surface area contributed by atoms with Crippen LogP contribution in [0.1, 0.15) is 31.2 Å². The van der Waals surface area contributed by atoms with Gasteiger partial charge in [0.1, 0.15) is 5.75 Å². The number of hydrogen-bond donors (Lipinski definition) is 2. The molecule has 0 aliphatic carbocycles. The van der Waals surface area contributed by atoms with Gasteiger partial charge in [-0.15, -0.1) is 0 Å². The van der Waals surface area contributed by atoms with Crippen LogP contribution in [-0.2, 0) is 16.1 Å². The lowest BCUT2D eigenvalue weighted by molar-refractivity contribution is -0.123. The molecule has 0 spiro atoms. The van der Waals surface area contributed by atoms with E-state index in [4.69, 9.17) is 22.1 Å². The topological polar surface area (TPSA) is 84.7 Å². The van der Waals surface area contributed by atoms with Gasteiger partial charge < -0.3 is 15.8 Å². The van der Waals surface area contributed by atoms with Gasteiger partial charge in [-0.2, -0.15) is 0 Å². The lowest BCUT2D eigenvalue weighted by atomic mass is 9.97. The minimum Gasteiger partial charge on any atom is -0.494 e. The predicted molar refractivity (Wildman–Crippen MR) is 118 cm³/mol. The number of carbonyl (C=O) groups excluding carboxylic acids is 2. The van der Waals surface area contributed by atoms with Gasteiger partial charge in [0, 0.05) is 30.2 Å². The normalized spacial score (nSPS) is 16.8. The lowest BCUT2D eigenvalue weighted by Crippen LogP contribution is -2.40. The van der Waals surface area contributed by atoms with Crippen molar-refractivity contribution in [1.82, 2.24) is 4.90 Å². The van der Waals surface area contributed by atoms with E-state index in [1.807, 2.05) is 36.4 Å². The first kappa shape index (κ1) is 22.1. The van der Waals surface area contributed by atoms with E-state index in [2.05, 4.69) is 10.2 Å². The Kier molecular flexibility index (Phi) is 8.11. The maximum atomic E-state index is 12.1. The van der Waals surface area contributed by atoms with Crippen LogP contribution in [0.25, 0.3) is 0 Å². The molecule has 1 aliphatic heterocycles. The molecular weight excluding hydrogens is 402 g/mol. The molecule has 0 radical (unpaired) electrons. The molecule has 2 aromatic rings. The van der Waals surface area contributed by atoms with Gasteiger partial charge in [-0.1, -0.05) is 23.7 Å². The van der Waals surface area contributed by atoms with Gasteiger partial charge in [0.2, 0.25) is 11.8 Å². The summed E-state index contributed by atoms with van der Waals surface area (Å²) in [5, 5.41) is 3.58. The Morgan fingerprint density at radius 2 is 1.87 bits per heavy atom. The molecule has 0 bridgehead atoms. The molecule has 2 amide bonds. The summed E-state index contributed by atoms with van der Waals surface area (Å²) in [5.41, 5.74) is 7.37. The molecule has 1 saturated heterocycles. The van der Waals surface area contributed by atoms with Crippen LogP contribution in [0.4, 0.5) is 5.69 Å². The summed E-state index contributed by atoms with van der Waals surface area (Å²) in [7, 11) is 0. The van der Waals surface area contributed by atoms with E-state index in [0.29, 0.717) is 31.0 Å². The molecule has 1 aliphatic rings. The highest BCUT2D eigenvalue weighted by molar-refractivity contribution is 6.30. The summed E-state index contributed by atoms with van der Waals surface area (Å²) in [6.45, 7) is 2.93. The highest BCUT2D eigenvalue weighted by atomic mass is 35.5. The molecule has 3 N–H and O–H groups in total. The minimum absolute atomic E-state index is 0.0391. The smallest absolute Gasteiger partial charge is 0.224 e. The highest BCUT2D eigenvalue weighted by Gasteiger charge is 2.23. The van der Waals surface area contributed by atoms with Crippen LogP contribution in [0.15, 0.2) is 48.5 Å². The van der Waals surface area contributed by atoms with Crippen molar-refractivity contribution in [2.75, 3.05) is 25.0 Å². The summed E-state index contributed by atoms with van der Waals surface area (Å²) in [6.07, 6.45) is 2.88. The van der Waals surface area contributed by atoms with Gasteiger partial charge in [-0.3, -0.25) is 14.5 Å². The molecule has 1 unspecified atom stereocenters. The van der Waals surface area contributed by atoms with Crippen molar-refractivity contribution in [3.8, 4) is 5.75 Å². The van der Waals surface area contributed by atoms with Gasteiger partial charge in [0.05, 0.1) is 12.5 Å². The molecule has 6 nitrogen and oxygen atoms in total. The van der Waals surface area contributed by atoms with E-state index in [1.165, 1.54) is 0 Å². The zero-order chi connectivity index (χ0) is 21.3. The average molecular weight is 430 g/mol. The van der Waals surface area contributed by atoms with Gasteiger partial charge in [0.15, 0.2) is 0 Å². The molecule has 0 saturated carbocycles. The summed E-state index contributed by atoms with van der Waals surface area (Å²) in [6, 6.07) is 15.0. The van der Waals surface area contributed by atoms with Crippen molar-refractivity contribution in [2.24, 2.45) is 11.7 Å². The molecule has 7 heteroatoms. The van der Waals surface area contributed by atoms with E-state index in [9.17, 15) is 9.59 Å². The van der Waals surface area contributed by atoms with Crippen LogP contribution in [0, 0.1) is 5.92 Å². The highest BCUT2D eigenvalue weighted by Crippen LogP contribution is 2.19. The SMILES string of the molecule is NC(=O)C1CCCN(Cc2ccc(NC(=O)CCCOc3ccc(Cl)cc3)cc2)C1. The number of halogens is 1. The number of nitrogens with two attached hydrogens (primary N) is 1. The third-order valence-corrected chi connectivity index (χ3v) is 5.43. The lowest BCUT2D eigenvalue weighted by Gasteiger charge is -2.31. The van der Waals surface area contributed by atoms with Crippen LogP contribution < -0.4 is 15.8 Å². The number of amides is 2. The number of nitrogens with zero attached hydrogens (tertiary/aromatic N) is 1. The fourth-order valence-corrected chi connectivity index (χ4v) is 3.69. The fourth-order valence-electron chi connectivity index (χ4n) is 3.56. The van der Waals surface area contributed by atoms with Crippen LogP contribution in [0.3, 0.4) is 0 Å². The first-order chi connectivity index (χ1) is 14.5. The number of hydrogen-bond acceptors (Lipinski definition) is 4. The van der Waals surface area contributed by atoms with Gasteiger partial charge >= 0.3 is 0 Å². The zero-order valence-electron chi connectivity index (χ0n) is 17.0. The maximum absolute atomic E-state index is 12.1. The Bertz CT molecular complexity index is 840. The molecule has 3 rings (SSSR count). The second-order valence-electron chi connectivity index (χ2n) is 7.63. The molecule has 160 valence electrons. The van der Waals surface area contributed by atoms with E-state index < -0.39 is 0 Å². The number of ether oxygens (including phenoxy) is 1. The largest absolute Gasteiger partial charge is 0.494 e. The van der Waals surface area contributed by atoms with E-state index >= 15 is 0 Å². The number of rotatable bonds is 9. The van der Waals surface area contributed by atoms with Gasteiger partial charge in [0.25, 0.3) is 0 Å². The molecule has 1 atom stereocenters. The van der Waals surface area contributed by atoms with E-state index in [1.54, 1.807) is 12.1 Å². The van der Waals surface area contributed by atoms with E-state index in [0.717, 1.165) is 42.9 Å². The third kappa shape index (κ3) is 7.04. The Morgan fingerprint density at radius 1 is 1.13 bits per heavy atom. The minimum atomic E-state index is -0.212. The second kappa shape index (κ2) is 11.0. The Hall–Kier alpha value is -2.57. The molecule has 2 aromatic carbocycles. The van der Waals surface area contributed by atoms with Gasteiger partial charge in [-0.25, -0.2) is 0 Å². The van der Waals surface area contributed by atoms with Crippen molar-refractivity contribution in [2.45, 2.75) is 32.2 Å². The number of benzene rings is 2. The Morgan fingerprint density at radius 3 is 2.57 bits per heavy atom. The van der Waals surface area contributed by atoms with Crippen molar-refractivity contribution >= 4 is 29.1 Å². The standard InChI is InChI=1S/C23H28ClN3O3/c24-19-7-11-21(12-8-19)30-14-2-4-22(28)26-20-9-5-17(6-10-20)15-27-13-1-3-18(16-27)23(25)29/h5-12,18H,1-4,13-16H2,(H2,25,29)(H,26,28). The summed E-state index contributed by atoms with van der Waals surface area (Å²) >= 11 is 5.84. The number of piperidine rings is 1. The fraction of sp³-hybridized carbons (Fsp3) is 0.391. The van der Waals surface area contributed by atoms with Crippen LogP contribution in [0.5, 0.6) is 5.75 Å². The maximum Gasteiger partial charge on any atom is 0.224 e. The molecule has 30 heavy (non-hydrogen) atoms. The zero-order valence-corrected chi connectivity index (χ0v) is 17.7. The predicted octanol–water partition coefficient (Wildman–Crippen LogP) is 3.84. The molecular formula is C23H28ClN3O3. The summed E-state index contributed by atoms with van der Waals surface area (Å²) in [5.74, 6) is 0.436. The summed E-state index contributed by atoms with van der Waals surface area (Å²) in [4.78, 5) is 25.8. The number of nitrogens with one attached hydrogen (secondary N) is 1. The third-order valence-electron chi connectivity index (χ3n) is 5.18. The molecule has 0 aromatic heterocycles. The Labute approximate surface area is 182 Å². The quantitative estimate of drug-likeness (QED) is 0.593. The van der Waals surface area contributed by atoms with Crippen LogP contribution in [0.2, 0.25) is 5.02 Å². The molecule has 1 heterocycles. The van der Waals surface area contributed by atoms with Crippen molar-refractivity contribution in [1.29, 1.82) is 0 Å². The van der Waals surface area contributed by atoms with Gasteiger partial charge in [-0.05, 0) is 67.8 Å². The van der Waals surface area contributed by atoms with Crippen molar-refractivity contribution in [3.63, 3.8) is 0 Å².